The molecule has 0 aliphatic carbocycles. The third-order valence-electron chi connectivity index (χ3n) is 2.97. The number of rotatable bonds is 5. The first kappa shape index (κ1) is 12.2. The van der Waals surface area contributed by atoms with Crippen LogP contribution >= 0.6 is 0 Å². The molecule has 0 spiro atoms. The van der Waals surface area contributed by atoms with Crippen LogP contribution in [0.2, 0.25) is 0 Å². The molecular weight excluding hydrogens is 210 g/mol. The van der Waals surface area contributed by atoms with E-state index >= 15 is 0 Å². The molecular formula is C15H21NO. The Kier molecular flexibility index (Phi) is 3.85. The molecule has 2 nitrogen and oxygen atoms in total. The Balaban J connectivity index is 2.27. The van der Waals surface area contributed by atoms with Gasteiger partial charge >= 0.3 is 0 Å². The molecule has 2 heteroatoms. The number of benzene rings is 1. The number of para-hydroxylation sites is 1. The van der Waals surface area contributed by atoms with Crippen molar-refractivity contribution in [1.29, 1.82) is 0 Å². The van der Waals surface area contributed by atoms with Crippen LogP contribution in [0.25, 0.3) is 11.0 Å². The van der Waals surface area contributed by atoms with Gasteiger partial charge in [0.25, 0.3) is 0 Å². The molecule has 0 aliphatic heterocycles. The Morgan fingerprint density at radius 3 is 2.82 bits per heavy atom. The molecule has 2 aromatic rings. The number of fused-ring (bicyclic) bond motifs is 1. The summed E-state index contributed by atoms with van der Waals surface area (Å²) in [5.74, 6) is 1.53. The van der Waals surface area contributed by atoms with Gasteiger partial charge in [-0.25, -0.2) is 0 Å². The van der Waals surface area contributed by atoms with E-state index in [9.17, 15) is 0 Å². The van der Waals surface area contributed by atoms with Crippen LogP contribution in [0, 0.1) is 0 Å². The van der Waals surface area contributed by atoms with Crippen molar-refractivity contribution in [2.75, 3.05) is 6.54 Å². The van der Waals surface area contributed by atoms with E-state index in [0.717, 1.165) is 30.9 Å². The third kappa shape index (κ3) is 2.70. The molecule has 2 rings (SSSR count). The van der Waals surface area contributed by atoms with Gasteiger partial charge in [-0.1, -0.05) is 39.0 Å². The summed E-state index contributed by atoms with van der Waals surface area (Å²) in [5, 5.41) is 4.58. The van der Waals surface area contributed by atoms with Gasteiger partial charge in [0.05, 0.1) is 6.54 Å². The van der Waals surface area contributed by atoms with Gasteiger partial charge in [0.2, 0.25) is 0 Å². The smallest absolute Gasteiger partial charge is 0.137 e. The second-order valence-corrected chi connectivity index (χ2v) is 4.81. The monoisotopic (exact) mass is 231 g/mol. The highest BCUT2D eigenvalue weighted by molar-refractivity contribution is 5.81. The molecule has 1 aromatic heterocycles. The first-order valence-corrected chi connectivity index (χ1v) is 6.44. The molecule has 0 saturated heterocycles. The fraction of sp³-hybridized carbons (Fsp3) is 0.467. The van der Waals surface area contributed by atoms with E-state index in [0.29, 0.717) is 5.92 Å². The van der Waals surface area contributed by atoms with Crippen LogP contribution in [0.15, 0.2) is 28.7 Å². The zero-order chi connectivity index (χ0) is 12.3. The summed E-state index contributed by atoms with van der Waals surface area (Å²) in [6, 6.07) is 8.52. The number of furan rings is 1. The lowest BCUT2D eigenvalue weighted by Gasteiger charge is -2.05. The van der Waals surface area contributed by atoms with E-state index < -0.39 is 0 Å². The van der Waals surface area contributed by atoms with Gasteiger partial charge < -0.3 is 9.73 Å². The highest BCUT2D eigenvalue weighted by Crippen LogP contribution is 2.28. The Morgan fingerprint density at radius 1 is 1.29 bits per heavy atom. The van der Waals surface area contributed by atoms with E-state index in [1.165, 1.54) is 10.9 Å². The molecule has 92 valence electrons. The predicted molar refractivity (Wildman–Crippen MR) is 72.3 cm³/mol. The van der Waals surface area contributed by atoms with Crippen LogP contribution in [0.3, 0.4) is 0 Å². The van der Waals surface area contributed by atoms with Crippen molar-refractivity contribution in [3.05, 3.63) is 35.6 Å². The maximum Gasteiger partial charge on any atom is 0.137 e. The Bertz CT molecular complexity index is 485. The summed E-state index contributed by atoms with van der Waals surface area (Å²) < 4.78 is 5.94. The molecule has 17 heavy (non-hydrogen) atoms. The molecule has 0 fully saturated rings. The molecule has 1 heterocycles. The lowest BCUT2D eigenvalue weighted by Crippen LogP contribution is -2.12. The molecule has 1 N–H and O–H groups in total. The average Bonchev–Trinajstić information content (AvgIpc) is 2.71. The lowest BCUT2D eigenvalue weighted by molar-refractivity contribution is 0.510. The quantitative estimate of drug-likeness (QED) is 0.785. The van der Waals surface area contributed by atoms with Crippen LogP contribution in [-0.2, 0) is 6.54 Å². The van der Waals surface area contributed by atoms with Gasteiger partial charge in [-0.15, -0.1) is 0 Å². The topological polar surface area (TPSA) is 25.2 Å². The SMILES string of the molecule is CCCNCc1cc2cccc(C(C)C)c2o1. The zero-order valence-electron chi connectivity index (χ0n) is 10.9. The fourth-order valence-electron chi connectivity index (χ4n) is 2.07. The van der Waals surface area contributed by atoms with Crippen molar-refractivity contribution in [1.82, 2.24) is 5.32 Å². The Hall–Kier alpha value is -1.28. The Morgan fingerprint density at radius 2 is 2.12 bits per heavy atom. The van der Waals surface area contributed by atoms with Crippen LogP contribution in [0.4, 0.5) is 0 Å². The van der Waals surface area contributed by atoms with Crippen LogP contribution in [-0.4, -0.2) is 6.54 Å². The van der Waals surface area contributed by atoms with Gasteiger partial charge in [0.15, 0.2) is 0 Å². The van der Waals surface area contributed by atoms with Gasteiger partial charge in [-0.05, 0) is 30.5 Å². The molecule has 1 aromatic carbocycles. The van der Waals surface area contributed by atoms with Crippen LogP contribution < -0.4 is 5.32 Å². The van der Waals surface area contributed by atoms with Gasteiger partial charge in [0.1, 0.15) is 11.3 Å². The maximum absolute atomic E-state index is 5.94. The van der Waals surface area contributed by atoms with Crippen molar-refractivity contribution >= 4 is 11.0 Å². The number of hydrogen-bond donors (Lipinski definition) is 1. The first-order valence-electron chi connectivity index (χ1n) is 6.44. The number of nitrogens with one attached hydrogen (secondary N) is 1. The average molecular weight is 231 g/mol. The largest absolute Gasteiger partial charge is 0.459 e. The van der Waals surface area contributed by atoms with Gasteiger partial charge in [0, 0.05) is 5.39 Å². The molecule has 0 aliphatic rings. The summed E-state index contributed by atoms with van der Waals surface area (Å²) in [7, 11) is 0. The summed E-state index contributed by atoms with van der Waals surface area (Å²) in [6.45, 7) is 8.43. The Labute approximate surface area is 103 Å². The molecule has 0 saturated carbocycles. The van der Waals surface area contributed by atoms with E-state index in [1.54, 1.807) is 0 Å². The van der Waals surface area contributed by atoms with Crippen molar-refractivity contribution < 1.29 is 4.42 Å². The van der Waals surface area contributed by atoms with Crippen molar-refractivity contribution in [2.45, 2.75) is 39.7 Å². The minimum absolute atomic E-state index is 0.501. The summed E-state index contributed by atoms with van der Waals surface area (Å²) in [4.78, 5) is 0. The fourth-order valence-corrected chi connectivity index (χ4v) is 2.07. The minimum Gasteiger partial charge on any atom is -0.459 e. The zero-order valence-corrected chi connectivity index (χ0v) is 10.9. The molecule has 0 unspecified atom stereocenters. The highest BCUT2D eigenvalue weighted by Gasteiger charge is 2.10. The van der Waals surface area contributed by atoms with E-state index in [1.807, 2.05) is 0 Å². The predicted octanol–water partition coefficient (Wildman–Crippen LogP) is 4.06. The third-order valence-corrected chi connectivity index (χ3v) is 2.97. The highest BCUT2D eigenvalue weighted by atomic mass is 16.3. The van der Waals surface area contributed by atoms with Gasteiger partial charge in [-0.2, -0.15) is 0 Å². The lowest BCUT2D eigenvalue weighted by atomic mass is 10.0. The van der Waals surface area contributed by atoms with Crippen LogP contribution in [0.5, 0.6) is 0 Å². The second kappa shape index (κ2) is 5.37. The molecule has 0 radical (unpaired) electrons. The van der Waals surface area contributed by atoms with E-state index in [4.69, 9.17) is 4.42 Å². The minimum atomic E-state index is 0.501. The van der Waals surface area contributed by atoms with Crippen molar-refractivity contribution in [2.24, 2.45) is 0 Å². The van der Waals surface area contributed by atoms with Crippen molar-refractivity contribution in [3.8, 4) is 0 Å². The summed E-state index contributed by atoms with van der Waals surface area (Å²) in [5.41, 5.74) is 2.35. The maximum atomic E-state index is 5.94. The first-order chi connectivity index (χ1) is 8.22. The standard InChI is InChI=1S/C15H21NO/c1-4-8-16-10-13-9-12-6-5-7-14(11(2)3)15(12)17-13/h5-7,9,11,16H,4,8,10H2,1-3H3. The summed E-state index contributed by atoms with van der Waals surface area (Å²) >= 11 is 0. The second-order valence-electron chi connectivity index (χ2n) is 4.81. The normalized spacial score (nSPS) is 11.5. The summed E-state index contributed by atoms with van der Waals surface area (Å²) in [6.07, 6.45) is 1.15. The van der Waals surface area contributed by atoms with E-state index in [-0.39, 0.29) is 0 Å². The van der Waals surface area contributed by atoms with Gasteiger partial charge in [-0.3, -0.25) is 0 Å². The molecule has 0 atom stereocenters. The van der Waals surface area contributed by atoms with Crippen molar-refractivity contribution in [3.63, 3.8) is 0 Å². The van der Waals surface area contributed by atoms with E-state index in [2.05, 4.69) is 50.4 Å². The molecule has 0 bridgehead atoms. The van der Waals surface area contributed by atoms with Crippen LogP contribution in [0.1, 0.15) is 44.4 Å². The number of hydrogen-bond acceptors (Lipinski definition) is 2. The molecule has 0 amide bonds.